The first-order valence-corrected chi connectivity index (χ1v) is 6.02. The average Bonchev–Trinajstić information content (AvgIpc) is 2.98. The van der Waals surface area contributed by atoms with Crippen molar-refractivity contribution in [1.29, 1.82) is 0 Å². The lowest BCUT2D eigenvalue weighted by molar-refractivity contribution is 0.0692. The lowest BCUT2D eigenvalue weighted by Crippen LogP contribution is -2.30. The van der Waals surface area contributed by atoms with Crippen molar-refractivity contribution < 1.29 is 19.7 Å². The van der Waals surface area contributed by atoms with Crippen molar-refractivity contribution in [2.75, 3.05) is 19.7 Å². The van der Waals surface area contributed by atoms with Crippen LogP contribution in [0.2, 0.25) is 0 Å². The van der Waals surface area contributed by atoms with Crippen molar-refractivity contribution in [3.8, 4) is 5.75 Å². The number of carboxylic acid groups (broad SMARTS) is 1. The van der Waals surface area contributed by atoms with Gasteiger partial charge in [-0.3, -0.25) is 0 Å². The Morgan fingerprint density at radius 2 is 2.33 bits per heavy atom. The van der Waals surface area contributed by atoms with Crippen molar-refractivity contribution >= 4 is 5.97 Å². The second-order valence-electron chi connectivity index (χ2n) is 4.93. The van der Waals surface area contributed by atoms with Gasteiger partial charge in [0.25, 0.3) is 0 Å². The van der Waals surface area contributed by atoms with Crippen molar-refractivity contribution in [3.05, 3.63) is 28.8 Å². The molecule has 1 aromatic carbocycles. The van der Waals surface area contributed by atoms with Crippen LogP contribution >= 0.6 is 0 Å². The number of ether oxygens (including phenoxy) is 1. The molecule has 5 nitrogen and oxygen atoms in total. The van der Waals surface area contributed by atoms with Crippen LogP contribution in [0.15, 0.2) is 12.1 Å². The standard InChI is InChI=1S/C13H15NO4/c15-5-9-8(12(16)17)1-2-10-11(9)18-7-13(10)3-4-14-6-13/h1-2,14-15H,3-7H2,(H,16,17). The van der Waals surface area contributed by atoms with Crippen molar-refractivity contribution in [2.45, 2.75) is 18.4 Å². The Morgan fingerprint density at radius 3 is 2.94 bits per heavy atom. The molecule has 0 aliphatic carbocycles. The molecule has 96 valence electrons. The predicted molar refractivity (Wildman–Crippen MR) is 64.0 cm³/mol. The number of nitrogens with one attached hydrogen (secondary N) is 1. The average molecular weight is 249 g/mol. The van der Waals surface area contributed by atoms with E-state index in [0.717, 1.165) is 25.1 Å². The topological polar surface area (TPSA) is 78.8 Å². The smallest absolute Gasteiger partial charge is 0.336 e. The minimum Gasteiger partial charge on any atom is -0.492 e. The van der Waals surface area contributed by atoms with E-state index in [4.69, 9.17) is 9.84 Å². The van der Waals surface area contributed by atoms with Crippen LogP contribution in [0.4, 0.5) is 0 Å². The third kappa shape index (κ3) is 1.44. The Balaban J connectivity index is 2.14. The fraction of sp³-hybridized carbons (Fsp3) is 0.462. The molecule has 3 N–H and O–H groups in total. The SMILES string of the molecule is O=C(O)c1ccc2c(c1CO)OCC21CCNC1. The van der Waals surface area contributed by atoms with Crippen LogP contribution in [0.3, 0.4) is 0 Å². The highest BCUT2D eigenvalue weighted by Crippen LogP contribution is 2.45. The lowest BCUT2D eigenvalue weighted by Gasteiger charge is -2.20. The second-order valence-corrected chi connectivity index (χ2v) is 4.93. The van der Waals surface area contributed by atoms with E-state index in [1.165, 1.54) is 0 Å². The minimum atomic E-state index is -1.03. The predicted octanol–water partition coefficient (Wildman–Crippen LogP) is 0.501. The number of rotatable bonds is 2. The van der Waals surface area contributed by atoms with Gasteiger partial charge in [0.15, 0.2) is 0 Å². The number of aliphatic hydroxyl groups is 1. The molecule has 1 atom stereocenters. The largest absolute Gasteiger partial charge is 0.492 e. The molecule has 1 fully saturated rings. The molecule has 0 radical (unpaired) electrons. The van der Waals surface area contributed by atoms with Crippen molar-refractivity contribution in [3.63, 3.8) is 0 Å². The molecule has 5 heteroatoms. The summed E-state index contributed by atoms with van der Waals surface area (Å²) in [4.78, 5) is 11.1. The number of carbonyl (C=O) groups is 1. The zero-order chi connectivity index (χ0) is 12.8. The highest BCUT2D eigenvalue weighted by Gasteiger charge is 2.44. The number of hydrogen-bond acceptors (Lipinski definition) is 4. The van der Waals surface area contributed by atoms with Gasteiger partial charge in [-0.05, 0) is 19.0 Å². The number of hydrogen-bond donors (Lipinski definition) is 3. The van der Waals surface area contributed by atoms with Gasteiger partial charge in [-0.15, -0.1) is 0 Å². The fourth-order valence-corrected chi connectivity index (χ4v) is 2.95. The molecule has 18 heavy (non-hydrogen) atoms. The van der Waals surface area contributed by atoms with Crippen molar-refractivity contribution in [1.82, 2.24) is 5.32 Å². The zero-order valence-electron chi connectivity index (χ0n) is 9.90. The van der Waals surface area contributed by atoms with E-state index in [1.807, 2.05) is 6.07 Å². The number of fused-ring (bicyclic) bond motifs is 2. The van der Waals surface area contributed by atoms with Crippen LogP contribution in [0.5, 0.6) is 5.75 Å². The number of carboxylic acids is 1. The molecule has 0 saturated carbocycles. The van der Waals surface area contributed by atoms with E-state index in [2.05, 4.69) is 5.32 Å². The van der Waals surface area contributed by atoms with Gasteiger partial charge in [-0.25, -0.2) is 4.79 Å². The van der Waals surface area contributed by atoms with Gasteiger partial charge in [0.05, 0.1) is 18.8 Å². The monoisotopic (exact) mass is 249 g/mol. The molecular weight excluding hydrogens is 234 g/mol. The maximum Gasteiger partial charge on any atom is 0.336 e. The second kappa shape index (κ2) is 3.96. The first kappa shape index (κ1) is 11.5. The Kier molecular flexibility index (Phi) is 2.53. The molecule has 0 amide bonds. The first-order valence-electron chi connectivity index (χ1n) is 6.02. The zero-order valence-corrected chi connectivity index (χ0v) is 9.90. The van der Waals surface area contributed by atoms with Gasteiger partial charge < -0.3 is 20.3 Å². The Hall–Kier alpha value is -1.59. The molecule has 0 bridgehead atoms. The van der Waals surface area contributed by atoms with Crippen LogP contribution in [0.25, 0.3) is 0 Å². The molecule has 0 aromatic heterocycles. The first-order chi connectivity index (χ1) is 8.68. The Labute approximate surface area is 104 Å². The summed E-state index contributed by atoms with van der Waals surface area (Å²) in [6.45, 7) is 2.04. The molecular formula is C13H15NO4. The van der Waals surface area contributed by atoms with E-state index in [0.29, 0.717) is 17.9 Å². The fourth-order valence-electron chi connectivity index (χ4n) is 2.95. The van der Waals surface area contributed by atoms with Crippen LogP contribution in [-0.4, -0.2) is 35.9 Å². The summed E-state index contributed by atoms with van der Waals surface area (Å²) >= 11 is 0. The summed E-state index contributed by atoms with van der Waals surface area (Å²) < 4.78 is 5.69. The summed E-state index contributed by atoms with van der Waals surface area (Å²) in [5.74, 6) is -0.461. The summed E-state index contributed by atoms with van der Waals surface area (Å²) in [6.07, 6.45) is 0.983. The molecule has 3 rings (SSSR count). The summed E-state index contributed by atoms with van der Waals surface area (Å²) in [5.41, 5.74) is 1.50. The van der Waals surface area contributed by atoms with Gasteiger partial charge in [0.1, 0.15) is 5.75 Å². The van der Waals surface area contributed by atoms with E-state index in [-0.39, 0.29) is 17.6 Å². The molecule has 1 unspecified atom stereocenters. The molecule has 2 aliphatic rings. The van der Waals surface area contributed by atoms with Gasteiger partial charge in [-0.1, -0.05) is 6.07 Å². The van der Waals surface area contributed by atoms with Gasteiger partial charge >= 0.3 is 5.97 Å². The highest BCUT2D eigenvalue weighted by atomic mass is 16.5. The summed E-state index contributed by atoms with van der Waals surface area (Å²) in [7, 11) is 0. The van der Waals surface area contributed by atoms with Gasteiger partial charge in [0, 0.05) is 23.1 Å². The normalized spacial score (nSPS) is 25.2. The summed E-state index contributed by atoms with van der Waals surface area (Å²) in [6, 6.07) is 3.40. The molecule has 2 aliphatic heterocycles. The maximum absolute atomic E-state index is 11.1. The third-order valence-electron chi connectivity index (χ3n) is 3.96. The number of benzene rings is 1. The van der Waals surface area contributed by atoms with E-state index >= 15 is 0 Å². The summed E-state index contributed by atoms with van der Waals surface area (Å²) in [5, 5.41) is 21.8. The Bertz CT molecular complexity index is 506. The van der Waals surface area contributed by atoms with Crippen molar-refractivity contribution in [2.24, 2.45) is 0 Å². The van der Waals surface area contributed by atoms with Gasteiger partial charge in [-0.2, -0.15) is 0 Å². The van der Waals surface area contributed by atoms with E-state index < -0.39 is 5.97 Å². The van der Waals surface area contributed by atoms with Gasteiger partial charge in [0.2, 0.25) is 0 Å². The molecule has 1 spiro atoms. The number of aliphatic hydroxyl groups excluding tert-OH is 1. The third-order valence-corrected chi connectivity index (χ3v) is 3.96. The van der Waals surface area contributed by atoms with Crippen LogP contribution in [0, 0.1) is 0 Å². The lowest BCUT2D eigenvalue weighted by atomic mass is 9.80. The maximum atomic E-state index is 11.1. The minimum absolute atomic E-state index is 0.0454. The number of aromatic carboxylic acids is 1. The Morgan fingerprint density at radius 1 is 1.50 bits per heavy atom. The molecule has 1 aromatic rings. The van der Waals surface area contributed by atoms with Crippen LogP contribution in [0.1, 0.15) is 27.9 Å². The molecule has 2 heterocycles. The van der Waals surface area contributed by atoms with E-state index in [9.17, 15) is 9.90 Å². The highest BCUT2D eigenvalue weighted by molar-refractivity contribution is 5.90. The van der Waals surface area contributed by atoms with Crippen LogP contribution < -0.4 is 10.1 Å². The molecule has 1 saturated heterocycles. The quantitative estimate of drug-likeness (QED) is 0.711. The van der Waals surface area contributed by atoms with Crippen LogP contribution in [-0.2, 0) is 12.0 Å². The van der Waals surface area contributed by atoms with E-state index in [1.54, 1.807) is 6.07 Å².